The third-order valence-electron chi connectivity index (χ3n) is 3.56. The molecule has 1 fully saturated rings. The molecule has 0 radical (unpaired) electrons. The van der Waals surface area contributed by atoms with Gasteiger partial charge in [0, 0.05) is 22.2 Å². The van der Waals surface area contributed by atoms with E-state index in [1.165, 1.54) is 11.5 Å². The fraction of sp³-hybridized carbons (Fsp3) is 0.375. The van der Waals surface area contributed by atoms with Crippen molar-refractivity contribution in [2.75, 3.05) is 18.5 Å². The van der Waals surface area contributed by atoms with Gasteiger partial charge in [-0.15, -0.1) is 0 Å². The molecule has 0 bridgehead atoms. The Morgan fingerprint density at radius 2 is 2.26 bits per heavy atom. The molecule has 1 aromatic carbocycles. The van der Waals surface area contributed by atoms with Gasteiger partial charge in [0.1, 0.15) is 5.49 Å². The van der Waals surface area contributed by atoms with Crippen LogP contribution in [0.4, 0.5) is 5.69 Å². The first kappa shape index (κ1) is 16.2. The van der Waals surface area contributed by atoms with Crippen molar-refractivity contribution in [3.8, 4) is 0 Å². The molecular weight excluding hydrogens is 332 g/mol. The smallest absolute Gasteiger partial charge is 0.218 e. The summed E-state index contributed by atoms with van der Waals surface area (Å²) in [5.41, 5.74) is 1.30. The lowest BCUT2D eigenvalue weighted by Gasteiger charge is -2.12. The molecule has 0 spiro atoms. The van der Waals surface area contributed by atoms with Crippen LogP contribution in [-0.2, 0) is 4.74 Å². The van der Waals surface area contributed by atoms with Crippen molar-refractivity contribution in [3.05, 3.63) is 45.7 Å². The Morgan fingerprint density at radius 1 is 1.48 bits per heavy atom. The van der Waals surface area contributed by atoms with Gasteiger partial charge in [-0.3, -0.25) is 5.41 Å². The van der Waals surface area contributed by atoms with Gasteiger partial charge in [-0.05, 0) is 50.1 Å². The minimum atomic E-state index is 0.174. The van der Waals surface area contributed by atoms with Crippen LogP contribution in [-0.4, -0.2) is 29.2 Å². The standard InChI is InChI=1S/C16H19ClN4OS/c1-11-9-15(18)21(23-11)16(19-10-14-3-2-8-22-14)20-13-6-4-12(17)5-7-13/h4-7,9,14,18H,2-3,8,10H2,1H3,(H,19,20). The maximum Gasteiger partial charge on any atom is 0.218 e. The fourth-order valence-corrected chi connectivity index (χ4v) is 3.34. The minimum absolute atomic E-state index is 0.174. The average Bonchev–Trinajstić information content (AvgIpc) is 3.15. The predicted octanol–water partition coefficient (Wildman–Crippen LogP) is 3.49. The number of aromatic nitrogens is 1. The van der Waals surface area contributed by atoms with E-state index in [-0.39, 0.29) is 6.10 Å². The Labute approximate surface area is 144 Å². The molecule has 23 heavy (non-hydrogen) atoms. The third kappa shape index (κ3) is 4.22. The fourth-order valence-electron chi connectivity index (χ4n) is 2.42. The van der Waals surface area contributed by atoms with Crippen molar-refractivity contribution in [1.29, 1.82) is 5.41 Å². The second-order valence-electron chi connectivity index (χ2n) is 5.46. The van der Waals surface area contributed by atoms with Crippen LogP contribution in [0.2, 0.25) is 5.02 Å². The lowest BCUT2D eigenvalue weighted by molar-refractivity contribution is 0.118. The zero-order valence-corrected chi connectivity index (χ0v) is 14.5. The molecule has 2 heterocycles. The lowest BCUT2D eigenvalue weighted by atomic mass is 10.2. The number of halogens is 1. The molecule has 122 valence electrons. The maximum atomic E-state index is 8.11. The molecule has 1 aromatic heterocycles. The van der Waals surface area contributed by atoms with Crippen LogP contribution in [0.15, 0.2) is 35.3 Å². The zero-order chi connectivity index (χ0) is 16.2. The summed E-state index contributed by atoms with van der Waals surface area (Å²) in [5, 5.41) is 12.1. The summed E-state index contributed by atoms with van der Waals surface area (Å²) in [4.78, 5) is 5.74. The molecule has 1 unspecified atom stereocenters. The Balaban J connectivity index is 1.85. The summed E-state index contributed by atoms with van der Waals surface area (Å²) in [6.45, 7) is 3.40. The molecule has 0 aliphatic carbocycles. The summed E-state index contributed by atoms with van der Waals surface area (Å²) in [7, 11) is 0. The number of rotatable bonds is 3. The molecule has 5 nitrogen and oxygen atoms in total. The number of hydrogen-bond donors (Lipinski definition) is 2. The highest BCUT2D eigenvalue weighted by Crippen LogP contribution is 2.15. The minimum Gasteiger partial charge on any atom is -0.376 e. The van der Waals surface area contributed by atoms with Gasteiger partial charge < -0.3 is 10.1 Å². The van der Waals surface area contributed by atoms with E-state index in [1.54, 1.807) is 3.96 Å². The highest BCUT2D eigenvalue weighted by molar-refractivity contribution is 7.07. The second-order valence-corrected chi connectivity index (χ2v) is 7.09. The normalized spacial score (nSPS) is 18.3. The highest BCUT2D eigenvalue weighted by Gasteiger charge is 2.16. The first-order valence-corrected chi connectivity index (χ1v) is 8.70. The first-order chi connectivity index (χ1) is 11.1. The molecule has 0 saturated carbocycles. The molecule has 3 rings (SSSR count). The molecular formula is C16H19ClN4OS. The van der Waals surface area contributed by atoms with Crippen LogP contribution in [0, 0.1) is 12.3 Å². The maximum absolute atomic E-state index is 8.11. The first-order valence-electron chi connectivity index (χ1n) is 7.55. The van der Waals surface area contributed by atoms with Crippen LogP contribution in [0.3, 0.4) is 0 Å². The van der Waals surface area contributed by atoms with Crippen molar-refractivity contribution in [2.45, 2.75) is 25.9 Å². The number of nitrogens with one attached hydrogen (secondary N) is 2. The van der Waals surface area contributed by atoms with Crippen LogP contribution in [0.5, 0.6) is 0 Å². The summed E-state index contributed by atoms with van der Waals surface area (Å²) in [5.74, 6) is 0.644. The van der Waals surface area contributed by atoms with Crippen LogP contribution in [0.25, 0.3) is 0 Å². The van der Waals surface area contributed by atoms with Crippen molar-refractivity contribution < 1.29 is 4.74 Å². The third-order valence-corrected chi connectivity index (χ3v) is 4.77. The number of aryl methyl sites for hydroxylation is 1. The highest BCUT2D eigenvalue weighted by atomic mass is 35.5. The summed E-state index contributed by atoms with van der Waals surface area (Å²) in [6, 6.07) is 9.28. The van der Waals surface area contributed by atoms with Crippen LogP contribution >= 0.6 is 23.1 Å². The number of benzene rings is 1. The monoisotopic (exact) mass is 350 g/mol. The summed E-state index contributed by atoms with van der Waals surface area (Å²) < 4.78 is 7.43. The summed E-state index contributed by atoms with van der Waals surface area (Å²) >= 11 is 7.43. The van der Waals surface area contributed by atoms with E-state index in [2.05, 4.69) is 10.3 Å². The number of anilines is 1. The van der Waals surface area contributed by atoms with Crippen LogP contribution in [0.1, 0.15) is 17.7 Å². The zero-order valence-electron chi connectivity index (χ0n) is 12.9. The molecule has 7 heteroatoms. The quantitative estimate of drug-likeness (QED) is 0.657. The van der Waals surface area contributed by atoms with E-state index in [0.29, 0.717) is 23.0 Å². The van der Waals surface area contributed by atoms with E-state index in [4.69, 9.17) is 21.7 Å². The SMILES string of the molecule is Cc1cc(=N)n(C(=NCC2CCCO2)Nc2ccc(Cl)cc2)s1. The van der Waals surface area contributed by atoms with Gasteiger partial charge in [0.15, 0.2) is 0 Å². The van der Waals surface area contributed by atoms with Crippen molar-refractivity contribution in [1.82, 2.24) is 3.96 Å². The molecule has 1 atom stereocenters. The predicted molar refractivity (Wildman–Crippen MR) is 94.6 cm³/mol. The molecule has 0 amide bonds. The van der Waals surface area contributed by atoms with E-state index in [0.717, 1.165) is 30.0 Å². The number of hydrogen-bond acceptors (Lipinski definition) is 4. The van der Waals surface area contributed by atoms with E-state index in [1.807, 2.05) is 37.3 Å². The van der Waals surface area contributed by atoms with Crippen LogP contribution < -0.4 is 10.8 Å². The van der Waals surface area contributed by atoms with Gasteiger partial charge in [0.25, 0.3) is 0 Å². The van der Waals surface area contributed by atoms with Gasteiger partial charge in [-0.2, -0.15) is 0 Å². The Kier molecular flexibility index (Phi) is 5.15. The Bertz CT molecular complexity index is 744. The molecule has 2 aromatic rings. The van der Waals surface area contributed by atoms with Crippen molar-refractivity contribution >= 4 is 34.8 Å². The number of nitrogens with zero attached hydrogens (tertiary/aromatic N) is 2. The summed E-state index contributed by atoms with van der Waals surface area (Å²) in [6.07, 6.45) is 2.31. The number of ether oxygens (including phenoxy) is 1. The Hall–Kier alpha value is -1.63. The largest absolute Gasteiger partial charge is 0.376 e. The number of aliphatic imine (C=N–C) groups is 1. The Morgan fingerprint density at radius 3 is 2.87 bits per heavy atom. The van der Waals surface area contributed by atoms with Gasteiger partial charge in [0.2, 0.25) is 5.96 Å². The topological polar surface area (TPSA) is 62.4 Å². The van der Waals surface area contributed by atoms with E-state index < -0.39 is 0 Å². The molecule has 1 saturated heterocycles. The molecule has 1 aliphatic rings. The van der Waals surface area contributed by atoms with Crippen molar-refractivity contribution in [3.63, 3.8) is 0 Å². The lowest BCUT2D eigenvalue weighted by Crippen LogP contribution is -2.29. The van der Waals surface area contributed by atoms with Crippen molar-refractivity contribution in [2.24, 2.45) is 4.99 Å². The average molecular weight is 351 g/mol. The second kappa shape index (κ2) is 7.29. The van der Waals surface area contributed by atoms with E-state index >= 15 is 0 Å². The molecule has 1 aliphatic heterocycles. The van der Waals surface area contributed by atoms with Gasteiger partial charge in [0.05, 0.1) is 12.6 Å². The van der Waals surface area contributed by atoms with Gasteiger partial charge in [-0.1, -0.05) is 23.1 Å². The van der Waals surface area contributed by atoms with Gasteiger partial charge in [-0.25, -0.2) is 8.95 Å². The van der Waals surface area contributed by atoms with Gasteiger partial charge >= 0.3 is 0 Å². The molecule has 2 N–H and O–H groups in total. The van der Waals surface area contributed by atoms with E-state index in [9.17, 15) is 0 Å².